The number of aryl methyl sites for hydroxylation is 3. The van der Waals surface area contributed by atoms with Gasteiger partial charge in [-0.15, -0.1) is 0 Å². The van der Waals surface area contributed by atoms with E-state index in [1.165, 1.54) is 11.6 Å². The first-order valence-electron chi connectivity index (χ1n) is 13.0. The lowest BCUT2D eigenvalue weighted by molar-refractivity contribution is -0.143. The number of carbonyl (C=O) groups excluding carboxylic acids is 3. The Hall–Kier alpha value is -4.71. The topological polar surface area (TPSA) is 78.9 Å². The lowest BCUT2D eigenvalue weighted by atomic mass is 9.90. The van der Waals surface area contributed by atoms with Crippen molar-refractivity contribution in [2.24, 2.45) is 0 Å². The summed E-state index contributed by atoms with van der Waals surface area (Å²) in [7, 11) is 0. The average Bonchev–Trinajstić information content (AvgIpc) is 3.32. The molecule has 0 N–H and O–H groups in total. The second-order valence-electron chi connectivity index (χ2n) is 10.1. The Labute approximate surface area is 234 Å². The SMILES string of the molecule is C=CC(=O)OC1CCc2ccc(-c3cc(C)c(-c4ccc(OC(=O)C(=C)C)c(OC(=O)C(=C)C)c4)cc3C)cc21. The van der Waals surface area contributed by atoms with Gasteiger partial charge in [0.05, 0.1) is 0 Å². The number of carbonyl (C=O) groups is 3. The summed E-state index contributed by atoms with van der Waals surface area (Å²) >= 11 is 0. The Bertz CT molecular complexity index is 1580. The van der Waals surface area contributed by atoms with Crippen LogP contribution < -0.4 is 9.47 Å². The van der Waals surface area contributed by atoms with E-state index in [0.29, 0.717) is 0 Å². The fourth-order valence-electron chi connectivity index (χ4n) is 4.69. The summed E-state index contributed by atoms with van der Waals surface area (Å²) in [6, 6.07) is 15.6. The number of hydrogen-bond acceptors (Lipinski definition) is 6. The molecule has 0 saturated heterocycles. The Morgan fingerprint density at radius 1 is 0.800 bits per heavy atom. The molecule has 0 fully saturated rings. The number of benzene rings is 3. The van der Waals surface area contributed by atoms with Gasteiger partial charge in [-0.05, 0) is 103 Å². The highest BCUT2D eigenvalue weighted by Gasteiger charge is 2.26. The minimum absolute atomic E-state index is 0.111. The fourth-order valence-corrected chi connectivity index (χ4v) is 4.69. The molecule has 4 rings (SSSR count). The van der Waals surface area contributed by atoms with E-state index in [4.69, 9.17) is 14.2 Å². The molecule has 204 valence electrons. The zero-order chi connectivity index (χ0) is 29.1. The van der Waals surface area contributed by atoms with Crippen LogP contribution in [0.1, 0.15) is 48.6 Å². The summed E-state index contributed by atoms with van der Waals surface area (Å²) < 4.78 is 16.5. The molecule has 0 aromatic heterocycles. The van der Waals surface area contributed by atoms with Gasteiger partial charge in [0.1, 0.15) is 6.10 Å². The monoisotopic (exact) mass is 536 g/mol. The molecular weight excluding hydrogens is 504 g/mol. The average molecular weight is 537 g/mol. The third-order valence-corrected chi connectivity index (χ3v) is 6.83. The lowest BCUT2D eigenvalue weighted by Gasteiger charge is -2.17. The largest absolute Gasteiger partial charge is 0.454 e. The first-order chi connectivity index (χ1) is 19.0. The summed E-state index contributed by atoms with van der Waals surface area (Å²) in [6.07, 6.45) is 2.53. The predicted octanol–water partition coefficient (Wildman–Crippen LogP) is 7.32. The number of hydrogen-bond donors (Lipinski definition) is 0. The van der Waals surface area contributed by atoms with Gasteiger partial charge in [-0.2, -0.15) is 0 Å². The van der Waals surface area contributed by atoms with E-state index in [9.17, 15) is 14.4 Å². The molecule has 0 spiro atoms. The third kappa shape index (κ3) is 5.96. The molecule has 1 aliphatic carbocycles. The highest BCUT2D eigenvalue weighted by atomic mass is 16.6. The van der Waals surface area contributed by atoms with Crippen LogP contribution in [0.15, 0.2) is 85.5 Å². The van der Waals surface area contributed by atoms with E-state index in [1.807, 2.05) is 19.9 Å². The molecular formula is C34H32O6. The number of rotatable bonds is 8. The van der Waals surface area contributed by atoms with Gasteiger partial charge in [0.25, 0.3) is 0 Å². The second-order valence-corrected chi connectivity index (χ2v) is 10.1. The Kier molecular flexibility index (Phi) is 8.19. The smallest absolute Gasteiger partial charge is 0.338 e. The Morgan fingerprint density at radius 3 is 1.93 bits per heavy atom. The molecule has 6 nitrogen and oxygen atoms in total. The maximum Gasteiger partial charge on any atom is 0.338 e. The molecule has 0 heterocycles. The number of ether oxygens (including phenoxy) is 3. The molecule has 1 atom stereocenters. The van der Waals surface area contributed by atoms with Crippen LogP contribution in [0.3, 0.4) is 0 Å². The first-order valence-corrected chi connectivity index (χ1v) is 13.0. The molecule has 0 radical (unpaired) electrons. The summed E-state index contributed by atoms with van der Waals surface area (Å²) in [6.45, 7) is 17.9. The molecule has 40 heavy (non-hydrogen) atoms. The molecule has 6 heteroatoms. The number of esters is 3. The van der Waals surface area contributed by atoms with Crippen molar-refractivity contribution in [2.75, 3.05) is 0 Å². The van der Waals surface area contributed by atoms with Crippen molar-refractivity contribution in [3.8, 4) is 33.8 Å². The maximum atomic E-state index is 12.3. The van der Waals surface area contributed by atoms with E-state index in [2.05, 4.69) is 50.1 Å². The van der Waals surface area contributed by atoms with Gasteiger partial charge in [0, 0.05) is 17.2 Å². The van der Waals surface area contributed by atoms with Gasteiger partial charge in [0.2, 0.25) is 0 Å². The van der Waals surface area contributed by atoms with Crippen LogP contribution >= 0.6 is 0 Å². The number of fused-ring (bicyclic) bond motifs is 1. The highest BCUT2D eigenvalue weighted by Crippen LogP contribution is 2.40. The van der Waals surface area contributed by atoms with Gasteiger partial charge < -0.3 is 14.2 Å². The van der Waals surface area contributed by atoms with Gasteiger partial charge in [-0.3, -0.25) is 0 Å². The third-order valence-electron chi connectivity index (χ3n) is 6.83. The zero-order valence-corrected chi connectivity index (χ0v) is 23.3. The van der Waals surface area contributed by atoms with Crippen molar-refractivity contribution >= 4 is 17.9 Å². The normalized spacial score (nSPS) is 13.7. The van der Waals surface area contributed by atoms with Gasteiger partial charge in [0.15, 0.2) is 11.5 Å². The Morgan fingerprint density at radius 2 is 1.35 bits per heavy atom. The van der Waals surface area contributed by atoms with Crippen molar-refractivity contribution in [3.63, 3.8) is 0 Å². The molecule has 0 bridgehead atoms. The molecule has 1 unspecified atom stereocenters. The molecule has 3 aromatic rings. The van der Waals surface area contributed by atoms with E-state index >= 15 is 0 Å². The second kappa shape index (κ2) is 11.6. The van der Waals surface area contributed by atoms with Crippen LogP contribution in [0.4, 0.5) is 0 Å². The van der Waals surface area contributed by atoms with Crippen LogP contribution in [0.5, 0.6) is 11.5 Å². The van der Waals surface area contributed by atoms with E-state index in [0.717, 1.165) is 51.8 Å². The molecule has 0 saturated carbocycles. The van der Waals surface area contributed by atoms with Crippen LogP contribution in [0, 0.1) is 13.8 Å². The standard InChI is InChI=1S/C34H32O6/c1-8-32(35)38-29-13-11-23-9-10-24(17-28(23)29)26-15-22(7)27(16-21(26)6)25-12-14-30(39-33(36)19(2)3)31(18-25)40-34(37)20(4)5/h8-10,12,14-18,29H,1-2,4,11,13H2,3,5-7H3. The zero-order valence-electron chi connectivity index (χ0n) is 23.3. The van der Waals surface area contributed by atoms with Crippen LogP contribution in [0.25, 0.3) is 22.3 Å². The fraction of sp³-hybridized carbons (Fsp3) is 0.206. The van der Waals surface area contributed by atoms with Gasteiger partial charge >= 0.3 is 17.9 Å². The van der Waals surface area contributed by atoms with Crippen molar-refractivity contribution in [1.82, 2.24) is 0 Å². The predicted molar refractivity (Wildman–Crippen MR) is 155 cm³/mol. The minimum atomic E-state index is -0.623. The van der Waals surface area contributed by atoms with Gasteiger partial charge in [-0.1, -0.05) is 50.1 Å². The summed E-state index contributed by atoms with van der Waals surface area (Å²) in [5.74, 6) is -1.44. The molecule has 0 amide bonds. The van der Waals surface area contributed by atoms with Crippen molar-refractivity contribution < 1.29 is 28.6 Å². The van der Waals surface area contributed by atoms with Crippen molar-refractivity contribution in [2.45, 2.75) is 46.6 Å². The lowest BCUT2D eigenvalue weighted by Crippen LogP contribution is -2.12. The van der Waals surface area contributed by atoms with E-state index in [1.54, 1.807) is 26.0 Å². The van der Waals surface area contributed by atoms with E-state index in [-0.39, 0.29) is 28.7 Å². The maximum absolute atomic E-state index is 12.3. The molecule has 3 aromatic carbocycles. The molecule has 1 aliphatic rings. The van der Waals surface area contributed by atoms with Crippen molar-refractivity contribution in [1.29, 1.82) is 0 Å². The summed E-state index contributed by atoms with van der Waals surface area (Å²) in [5, 5.41) is 0. The molecule has 0 aliphatic heterocycles. The highest BCUT2D eigenvalue weighted by molar-refractivity contribution is 5.91. The van der Waals surface area contributed by atoms with Crippen molar-refractivity contribution in [3.05, 3.63) is 108 Å². The van der Waals surface area contributed by atoms with E-state index < -0.39 is 17.9 Å². The van der Waals surface area contributed by atoms with Crippen LogP contribution in [-0.4, -0.2) is 17.9 Å². The van der Waals surface area contributed by atoms with Gasteiger partial charge in [-0.25, -0.2) is 14.4 Å². The van der Waals surface area contributed by atoms with Crippen LogP contribution in [0.2, 0.25) is 0 Å². The van der Waals surface area contributed by atoms with Crippen LogP contribution in [-0.2, 0) is 25.5 Å². The summed E-state index contributed by atoms with van der Waals surface area (Å²) in [4.78, 5) is 36.3. The minimum Gasteiger partial charge on any atom is -0.454 e. The Balaban J connectivity index is 1.71. The quantitative estimate of drug-likeness (QED) is 0.171. The summed E-state index contributed by atoms with van der Waals surface area (Å²) in [5.41, 5.74) is 8.50. The first kappa shape index (κ1) is 28.3.